The van der Waals surface area contributed by atoms with Crippen LogP contribution in [-0.4, -0.2) is 17.9 Å². The van der Waals surface area contributed by atoms with E-state index >= 15 is 0 Å². The molecule has 0 spiro atoms. The Morgan fingerprint density at radius 2 is 2.12 bits per heavy atom. The van der Waals surface area contributed by atoms with Crippen molar-refractivity contribution in [1.29, 1.82) is 0 Å². The first-order chi connectivity index (χ1) is 7.94. The van der Waals surface area contributed by atoms with Gasteiger partial charge >= 0.3 is 5.97 Å². The maximum Gasteiger partial charge on any atom is 0.311 e. The van der Waals surface area contributed by atoms with E-state index in [2.05, 4.69) is 0 Å². The molecule has 0 aromatic heterocycles. The van der Waals surface area contributed by atoms with Gasteiger partial charge in [0.2, 0.25) is 0 Å². The fourth-order valence-electron chi connectivity index (χ4n) is 2.77. The summed E-state index contributed by atoms with van der Waals surface area (Å²) in [6, 6.07) is 0. The lowest BCUT2D eigenvalue weighted by atomic mass is 9.86. The van der Waals surface area contributed by atoms with E-state index in [-0.39, 0.29) is 23.9 Å². The molecule has 2 fully saturated rings. The molecule has 2 bridgehead atoms. The van der Waals surface area contributed by atoms with Gasteiger partial charge in [-0.05, 0) is 39.5 Å². The molecule has 0 radical (unpaired) electrons. The third-order valence-corrected chi connectivity index (χ3v) is 4.53. The Hall–Kier alpha value is -0.860. The Morgan fingerprint density at radius 3 is 2.76 bits per heavy atom. The van der Waals surface area contributed by atoms with Gasteiger partial charge in [0.25, 0.3) is 0 Å². The van der Waals surface area contributed by atoms with Crippen LogP contribution >= 0.6 is 0 Å². The fraction of sp³-hybridized carbons (Fsp3) is 0.857. The van der Waals surface area contributed by atoms with Crippen molar-refractivity contribution in [2.45, 2.75) is 59.0 Å². The lowest BCUT2D eigenvalue weighted by molar-refractivity contribution is -0.164. The monoisotopic (exact) mass is 238 g/mol. The minimum Gasteiger partial charge on any atom is -0.462 e. The average Bonchev–Trinajstić information content (AvgIpc) is 2.59. The van der Waals surface area contributed by atoms with Crippen molar-refractivity contribution in [2.75, 3.05) is 0 Å². The Labute approximate surface area is 103 Å². The number of ether oxygens (including phenoxy) is 1. The van der Waals surface area contributed by atoms with Crippen molar-refractivity contribution in [3.63, 3.8) is 0 Å². The molecular formula is C14H22O3. The summed E-state index contributed by atoms with van der Waals surface area (Å²) in [5.41, 5.74) is -0.403. The highest BCUT2D eigenvalue weighted by atomic mass is 16.5. The number of carbonyl (C=O) groups is 2. The Bertz CT molecular complexity index is 332. The number of rotatable bonds is 3. The Kier molecular flexibility index (Phi) is 3.28. The number of hydrogen-bond donors (Lipinski definition) is 0. The van der Waals surface area contributed by atoms with Gasteiger partial charge < -0.3 is 4.74 Å². The number of hydrogen-bond acceptors (Lipinski definition) is 3. The lowest BCUT2D eigenvalue weighted by Crippen LogP contribution is -2.34. The summed E-state index contributed by atoms with van der Waals surface area (Å²) in [7, 11) is 0. The van der Waals surface area contributed by atoms with E-state index in [4.69, 9.17) is 4.74 Å². The van der Waals surface area contributed by atoms with Gasteiger partial charge in [0, 0.05) is 18.3 Å². The highest BCUT2D eigenvalue weighted by molar-refractivity contribution is 5.84. The van der Waals surface area contributed by atoms with Crippen molar-refractivity contribution in [2.24, 2.45) is 17.3 Å². The minimum absolute atomic E-state index is 0.0176. The highest BCUT2D eigenvalue weighted by Gasteiger charge is 2.43. The van der Waals surface area contributed by atoms with Gasteiger partial charge in [-0.15, -0.1) is 0 Å². The number of fused-ring (bicyclic) bond motifs is 2. The molecule has 3 unspecified atom stereocenters. The largest absolute Gasteiger partial charge is 0.462 e. The normalized spacial score (nSPS) is 32.6. The fourth-order valence-corrected chi connectivity index (χ4v) is 2.77. The van der Waals surface area contributed by atoms with Crippen molar-refractivity contribution in [3.8, 4) is 0 Å². The summed E-state index contributed by atoms with van der Waals surface area (Å²) < 4.78 is 5.63. The van der Waals surface area contributed by atoms with Crippen LogP contribution in [0.2, 0.25) is 0 Å². The second-order valence-corrected chi connectivity index (χ2v) is 6.12. The summed E-state index contributed by atoms with van der Waals surface area (Å²) in [6.07, 6.45) is 4.09. The van der Waals surface area contributed by atoms with E-state index in [0.29, 0.717) is 12.2 Å². The first kappa shape index (κ1) is 12.6. The van der Waals surface area contributed by atoms with Crippen LogP contribution in [0.25, 0.3) is 0 Å². The second kappa shape index (κ2) is 4.43. The molecule has 0 heterocycles. The van der Waals surface area contributed by atoms with Crippen molar-refractivity contribution in [3.05, 3.63) is 0 Å². The number of esters is 1. The van der Waals surface area contributed by atoms with E-state index in [0.717, 1.165) is 25.7 Å². The summed E-state index contributed by atoms with van der Waals surface area (Å²) in [5, 5.41) is 0. The molecule has 0 aromatic rings. The maximum absolute atomic E-state index is 12.0. The minimum atomic E-state index is -0.403. The molecule has 96 valence electrons. The SMILES string of the molecule is CCC(C)(C)C(=O)OC1CCC2CC1CC2=O. The van der Waals surface area contributed by atoms with Crippen LogP contribution in [0.15, 0.2) is 0 Å². The van der Waals surface area contributed by atoms with Gasteiger partial charge in [0.15, 0.2) is 0 Å². The van der Waals surface area contributed by atoms with Crippen LogP contribution in [0, 0.1) is 17.3 Å². The van der Waals surface area contributed by atoms with E-state index < -0.39 is 5.41 Å². The van der Waals surface area contributed by atoms with E-state index in [1.165, 1.54) is 0 Å². The molecular weight excluding hydrogens is 216 g/mol. The predicted molar refractivity (Wildman–Crippen MR) is 64.4 cm³/mol. The maximum atomic E-state index is 12.0. The van der Waals surface area contributed by atoms with Crippen molar-refractivity contribution >= 4 is 11.8 Å². The van der Waals surface area contributed by atoms with Gasteiger partial charge in [0.1, 0.15) is 11.9 Å². The van der Waals surface area contributed by atoms with Gasteiger partial charge in [-0.1, -0.05) is 6.92 Å². The number of ketones is 1. The second-order valence-electron chi connectivity index (χ2n) is 6.12. The third-order valence-electron chi connectivity index (χ3n) is 4.53. The smallest absolute Gasteiger partial charge is 0.311 e. The van der Waals surface area contributed by atoms with Crippen LogP contribution < -0.4 is 0 Å². The van der Waals surface area contributed by atoms with Crippen LogP contribution in [0.4, 0.5) is 0 Å². The highest BCUT2D eigenvalue weighted by Crippen LogP contribution is 2.41. The standard InChI is InChI=1S/C14H22O3/c1-4-14(2,3)13(16)17-12-6-5-9-7-10(12)8-11(9)15/h9-10,12H,4-8H2,1-3H3. The zero-order valence-corrected chi connectivity index (χ0v) is 11.0. The van der Waals surface area contributed by atoms with Gasteiger partial charge in [-0.25, -0.2) is 0 Å². The van der Waals surface area contributed by atoms with E-state index in [1.807, 2.05) is 20.8 Å². The van der Waals surface area contributed by atoms with Crippen LogP contribution in [0.1, 0.15) is 52.9 Å². The van der Waals surface area contributed by atoms with Crippen LogP contribution in [0.5, 0.6) is 0 Å². The van der Waals surface area contributed by atoms with Crippen molar-refractivity contribution < 1.29 is 14.3 Å². The first-order valence-electron chi connectivity index (χ1n) is 6.68. The molecule has 0 saturated heterocycles. The molecule has 0 amide bonds. The number of Topliss-reactive ketones (excluding diaryl/α,β-unsaturated/α-hetero) is 1. The molecule has 2 saturated carbocycles. The molecule has 3 nitrogen and oxygen atoms in total. The molecule has 2 rings (SSSR count). The molecule has 2 aliphatic carbocycles. The lowest BCUT2D eigenvalue weighted by Gasteiger charge is -2.31. The van der Waals surface area contributed by atoms with Crippen LogP contribution in [-0.2, 0) is 14.3 Å². The molecule has 0 aliphatic heterocycles. The quantitative estimate of drug-likeness (QED) is 0.710. The van der Waals surface area contributed by atoms with Gasteiger partial charge in [-0.2, -0.15) is 0 Å². The summed E-state index contributed by atoms with van der Waals surface area (Å²) >= 11 is 0. The average molecular weight is 238 g/mol. The number of carbonyl (C=O) groups excluding carboxylic acids is 2. The van der Waals surface area contributed by atoms with Crippen molar-refractivity contribution in [1.82, 2.24) is 0 Å². The summed E-state index contributed by atoms with van der Waals surface area (Å²) in [5.74, 6) is 0.818. The molecule has 3 atom stereocenters. The van der Waals surface area contributed by atoms with E-state index in [9.17, 15) is 9.59 Å². The predicted octanol–water partition coefficient (Wildman–Crippen LogP) is 2.72. The van der Waals surface area contributed by atoms with E-state index in [1.54, 1.807) is 0 Å². The van der Waals surface area contributed by atoms with Crippen LogP contribution in [0.3, 0.4) is 0 Å². The Balaban J connectivity index is 1.96. The first-order valence-corrected chi connectivity index (χ1v) is 6.68. The molecule has 0 aromatic carbocycles. The Morgan fingerprint density at radius 1 is 1.41 bits per heavy atom. The molecule has 0 N–H and O–H groups in total. The summed E-state index contributed by atoms with van der Waals surface area (Å²) in [6.45, 7) is 5.83. The summed E-state index contributed by atoms with van der Waals surface area (Å²) in [4.78, 5) is 23.6. The molecule has 17 heavy (non-hydrogen) atoms. The molecule has 3 heteroatoms. The molecule has 2 aliphatic rings. The third kappa shape index (κ3) is 2.38. The zero-order chi connectivity index (χ0) is 12.6. The zero-order valence-electron chi connectivity index (χ0n) is 11.0. The van der Waals surface area contributed by atoms with Gasteiger partial charge in [-0.3, -0.25) is 9.59 Å². The van der Waals surface area contributed by atoms with Gasteiger partial charge in [0.05, 0.1) is 5.41 Å². The topological polar surface area (TPSA) is 43.4 Å².